The maximum atomic E-state index is 13.1. The topological polar surface area (TPSA) is 24.5 Å². The molecule has 1 saturated carbocycles. The molecule has 0 bridgehead atoms. The van der Waals surface area contributed by atoms with Crippen LogP contribution in [0.15, 0.2) is 24.3 Å². The number of alkyl halides is 4. The van der Waals surface area contributed by atoms with Crippen molar-refractivity contribution >= 4 is 24.8 Å². The average molecular weight is 447 g/mol. The quantitative estimate of drug-likeness (QED) is 0.600. The van der Waals surface area contributed by atoms with Crippen molar-refractivity contribution in [3.63, 3.8) is 0 Å². The zero-order valence-electron chi connectivity index (χ0n) is 15.6. The van der Waals surface area contributed by atoms with E-state index in [1.54, 1.807) is 12.1 Å². The maximum Gasteiger partial charge on any atom is 0.461 e. The molecule has 0 radical (unpaired) electrons. The van der Waals surface area contributed by atoms with Gasteiger partial charge in [0.15, 0.2) is 0 Å². The number of halogens is 6. The van der Waals surface area contributed by atoms with Crippen LogP contribution in [0.3, 0.4) is 0 Å². The number of ether oxygens (including phenoxy) is 1. The second-order valence-corrected chi connectivity index (χ2v) is 7.16. The van der Waals surface area contributed by atoms with E-state index in [9.17, 15) is 17.6 Å². The Morgan fingerprint density at radius 2 is 1.54 bits per heavy atom. The molecule has 1 aromatic rings. The highest BCUT2D eigenvalue weighted by Crippen LogP contribution is 2.39. The second kappa shape index (κ2) is 11.4. The van der Waals surface area contributed by atoms with Crippen molar-refractivity contribution in [3.8, 4) is 5.75 Å². The van der Waals surface area contributed by atoms with Crippen molar-refractivity contribution < 1.29 is 22.3 Å². The fourth-order valence-electron chi connectivity index (χ4n) is 4.13. The summed E-state index contributed by atoms with van der Waals surface area (Å²) in [5.74, 6) is 0.304. The van der Waals surface area contributed by atoms with Crippen molar-refractivity contribution in [1.29, 1.82) is 0 Å². The van der Waals surface area contributed by atoms with Crippen molar-refractivity contribution in [2.45, 2.75) is 50.7 Å². The first kappa shape index (κ1) is 25.3. The van der Waals surface area contributed by atoms with Crippen LogP contribution in [0.5, 0.6) is 5.75 Å². The SMILES string of the molecule is Cl.Cl.FC(F)C(F)(F)Oc1ccc([C@@H](C2CCCCC2)N2CCNCC2)cc1. The minimum atomic E-state index is -4.47. The zero-order valence-corrected chi connectivity index (χ0v) is 17.2. The summed E-state index contributed by atoms with van der Waals surface area (Å²) in [4.78, 5) is 2.45. The molecule has 1 heterocycles. The highest BCUT2D eigenvalue weighted by Gasteiger charge is 2.44. The van der Waals surface area contributed by atoms with Gasteiger partial charge in [0.25, 0.3) is 0 Å². The molecule has 0 aromatic heterocycles. The van der Waals surface area contributed by atoms with Gasteiger partial charge in [-0.25, -0.2) is 0 Å². The highest BCUT2D eigenvalue weighted by atomic mass is 35.5. The van der Waals surface area contributed by atoms with E-state index in [0.29, 0.717) is 5.92 Å². The Bertz CT molecular complexity index is 548. The van der Waals surface area contributed by atoms with Gasteiger partial charge in [-0.05, 0) is 36.5 Å². The Kier molecular flexibility index (Phi) is 10.3. The summed E-state index contributed by atoms with van der Waals surface area (Å²) < 4.78 is 55.0. The van der Waals surface area contributed by atoms with Gasteiger partial charge in [0.05, 0.1) is 0 Å². The summed E-state index contributed by atoms with van der Waals surface area (Å²) in [6.07, 6.45) is -2.29. The predicted molar refractivity (Wildman–Crippen MR) is 106 cm³/mol. The first-order chi connectivity index (χ1) is 12.5. The van der Waals surface area contributed by atoms with Crippen molar-refractivity contribution in [2.75, 3.05) is 26.2 Å². The van der Waals surface area contributed by atoms with Crippen LogP contribution >= 0.6 is 24.8 Å². The molecule has 0 unspecified atom stereocenters. The molecule has 1 aromatic carbocycles. The van der Waals surface area contributed by atoms with E-state index in [1.165, 1.54) is 31.4 Å². The first-order valence-corrected chi connectivity index (χ1v) is 9.37. The number of hydrogen-bond donors (Lipinski definition) is 1. The summed E-state index contributed by atoms with van der Waals surface area (Å²) in [6, 6.07) is 6.49. The van der Waals surface area contributed by atoms with Crippen LogP contribution in [0.4, 0.5) is 17.6 Å². The Morgan fingerprint density at radius 1 is 0.964 bits per heavy atom. The number of hydrogen-bond acceptors (Lipinski definition) is 3. The highest BCUT2D eigenvalue weighted by molar-refractivity contribution is 5.85. The minimum absolute atomic E-state index is 0. The molecule has 162 valence electrons. The van der Waals surface area contributed by atoms with Gasteiger partial charge in [0.1, 0.15) is 5.75 Å². The third-order valence-corrected chi connectivity index (χ3v) is 5.37. The summed E-state index contributed by atoms with van der Waals surface area (Å²) in [7, 11) is 0. The number of piperazine rings is 1. The monoisotopic (exact) mass is 446 g/mol. The van der Waals surface area contributed by atoms with Gasteiger partial charge in [0.2, 0.25) is 0 Å². The molecule has 2 aliphatic rings. The van der Waals surface area contributed by atoms with E-state index in [4.69, 9.17) is 0 Å². The molecule has 0 spiro atoms. The van der Waals surface area contributed by atoms with Crippen LogP contribution < -0.4 is 10.1 Å². The molecule has 1 aliphatic carbocycles. The lowest BCUT2D eigenvalue weighted by atomic mass is 9.80. The van der Waals surface area contributed by atoms with E-state index >= 15 is 0 Å². The number of rotatable bonds is 6. The predicted octanol–water partition coefficient (Wildman–Crippen LogP) is 5.29. The van der Waals surface area contributed by atoms with Gasteiger partial charge < -0.3 is 10.1 Å². The summed E-state index contributed by atoms with van der Waals surface area (Å²) in [6.45, 7) is 3.77. The van der Waals surface area contributed by atoms with Gasteiger partial charge in [0, 0.05) is 32.2 Å². The largest absolute Gasteiger partial charge is 0.461 e. The molecule has 28 heavy (non-hydrogen) atoms. The number of nitrogens with zero attached hydrogens (tertiary/aromatic N) is 1. The molecule has 1 aliphatic heterocycles. The molecular formula is C19H28Cl2F4N2O. The first-order valence-electron chi connectivity index (χ1n) is 9.37. The van der Waals surface area contributed by atoms with Crippen LogP contribution in [-0.2, 0) is 0 Å². The van der Waals surface area contributed by atoms with Crippen molar-refractivity contribution in [3.05, 3.63) is 29.8 Å². The summed E-state index contributed by atoms with van der Waals surface area (Å²) >= 11 is 0. The van der Waals surface area contributed by atoms with Gasteiger partial charge in [-0.3, -0.25) is 4.90 Å². The van der Waals surface area contributed by atoms with Crippen molar-refractivity contribution in [2.24, 2.45) is 5.92 Å². The molecule has 1 N–H and O–H groups in total. The van der Waals surface area contributed by atoms with E-state index in [0.717, 1.165) is 44.6 Å². The third-order valence-electron chi connectivity index (χ3n) is 5.37. The minimum Gasteiger partial charge on any atom is -0.428 e. The zero-order chi connectivity index (χ0) is 18.6. The Hall–Kier alpha value is -0.760. The van der Waals surface area contributed by atoms with Crippen LogP contribution in [0.1, 0.15) is 43.7 Å². The van der Waals surface area contributed by atoms with E-state index < -0.39 is 12.5 Å². The Labute approximate surface area is 176 Å². The van der Waals surface area contributed by atoms with E-state index in [1.807, 2.05) is 0 Å². The second-order valence-electron chi connectivity index (χ2n) is 7.16. The molecule has 1 atom stereocenters. The van der Waals surface area contributed by atoms with Gasteiger partial charge >= 0.3 is 12.5 Å². The van der Waals surface area contributed by atoms with E-state index in [-0.39, 0.29) is 36.6 Å². The molecule has 0 amide bonds. The summed E-state index contributed by atoms with van der Waals surface area (Å²) in [5.41, 5.74) is 1.05. The third kappa shape index (κ3) is 6.37. The standard InChI is InChI=1S/C19H26F4N2O.2ClH/c20-18(21)19(22,23)26-16-8-6-15(7-9-16)17(14-4-2-1-3-5-14)25-12-10-24-11-13-25;;/h6-9,14,17-18,24H,1-5,10-13H2;2*1H/t17-;;/m1../s1. The van der Waals surface area contributed by atoms with Gasteiger partial charge in [-0.15, -0.1) is 24.8 Å². The molecular weight excluding hydrogens is 419 g/mol. The fraction of sp³-hybridized carbons (Fsp3) is 0.684. The lowest BCUT2D eigenvalue weighted by molar-refractivity contribution is -0.253. The molecule has 2 fully saturated rings. The Morgan fingerprint density at radius 3 is 2.07 bits per heavy atom. The van der Waals surface area contributed by atoms with Crippen LogP contribution in [0.25, 0.3) is 0 Å². The fourth-order valence-corrected chi connectivity index (χ4v) is 4.13. The Balaban J connectivity index is 0.00000196. The van der Waals surface area contributed by atoms with Crippen LogP contribution in [0.2, 0.25) is 0 Å². The van der Waals surface area contributed by atoms with Crippen LogP contribution in [-0.4, -0.2) is 43.6 Å². The molecule has 3 rings (SSSR count). The lowest BCUT2D eigenvalue weighted by Gasteiger charge is -2.41. The molecule has 1 saturated heterocycles. The molecule has 9 heteroatoms. The van der Waals surface area contributed by atoms with Gasteiger partial charge in [-0.1, -0.05) is 31.4 Å². The number of nitrogens with one attached hydrogen (secondary N) is 1. The average Bonchev–Trinajstić information content (AvgIpc) is 2.65. The maximum absolute atomic E-state index is 13.1. The van der Waals surface area contributed by atoms with E-state index in [2.05, 4.69) is 15.0 Å². The lowest BCUT2D eigenvalue weighted by Crippen LogP contribution is -2.47. The molecule has 3 nitrogen and oxygen atoms in total. The normalized spacial score (nSPS) is 20.2. The smallest absolute Gasteiger partial charge is 0.428 e. The van der Waals surface area contributed by atoms with Crippen molar-refractivity contribution in [1.82, 2.24) is 10.2 Å². The number of benzene rings is 1. The van der Waals surface area contributed by atoms with Gasteiger partial charge in [-0.2, -0.15) is 17.6 Å². The summed E-state index contributed by atoms with van der Waals surface area (Å²) in [5, 5.41) is 3.35. The van der Waals surface area contributed by atoms with Crippen LogP contribution in [0, 0.1) is 5.92 Å².